The summed E-state index contributed by atoms with van der Waals surface area (Å²) in [6.07, 6.45) is -3.35. The molecule has 0 bridgehead atoms. The number of unbranched alkanes of at least 4 members (excludes halogenated alkanes) is 1. The van der Waals surface area contributed by atoms with Gasteiger partial charge in [0.05, 0.1) is 6.61 Å². The predicted molar refractivity (Wildman–Crippen MR) is 78.9 cm³/mol. The molecule has 2 rings (SSSR count). The molecule has 1 atom stereocenters. The monoisotopic (exact) mass is 326 g/mol. The molecule has 7 heteroatoms. The summed E-state index contributed by atoms with van der Waals surface area (Å²) in [6, 6.07) is 6.98. The predicted octanol–water partition coefficient (Wildman–Crippen LogP) is 3.92. The van der Waals surface area contributed by atoms with Crippen molar-refractivity contribution in [2.75, 3.05) is 6.61 Å². The van der Waals surface area contributed by atoms with E-state index in [9.17, 15) is 13.2 Å². The fraction of sp³-hybridized carbons (Fsp3) is 0.375. The van der Waals surface area contributed by atoms with Crippen LogP contribution in [0.15, 0.2) is 36.7 Å². The first-order valence-electron chi connectivity index (χ1n) is 7.21. The van der Waals surface area contributed by atoms with Crippen LogP contribution >= 0.6 is 0 Å². The van der Waals surface area contributed by atoms with Gasteiger partial charge in [0.15, 0.2) is 11.9 Å². The van der Waals surface area contributed by atoms with Crippen LogP contribution in [-0.2, 0) is 0 Å². The maximum Gasteiger partial charge on any atom is 0.418 e. The van der Waals surface area contributed by atoms with Gasteiger partial charge in [-0.25, -0.2) is 9.97 Å². The van der Waals surface area contributed by atoms with Crippen LogP contribution in [0.1, 0.15) is 31.4 Å². The number of aliphatic hydroxyl groups excluding tert-OH is 1. The summed E-state index contributed by atoms with van der Waals surface area (Å²) in [6.45, 7) is 2.71. The minimum Gasteiger partial charge on any atom is -0.494 e. The minimum absolute atomic E-state index is 0.281. The lowest BCUT2D eigenvalue weighted by atomic mass is 10.1. The summed E-state index contributed by atoms with van der Waals surface area (Å²) in [5.74, 6) is 0.995. The molecule has 0 saturated carbocycles. The molecule has 1 heterocycles. The standard InChI is InChI=1S/C16H17F3N2O2/c1-2-3-8-23-13-6-4-11(5-7-13)15-20-9-12(10-21-15)14(22)16(17,18)19/h4-7,9-10,14,22H,2-3,8H2,1H3. The highest BCUT2D eigenvalue weighted by Crippen LogP contribution is 2.32. The lowest BCUT2D eigenvalue weighted by Crippen LogP contribution is -2.20. The highest BCUT2D eigenvalue weighted by atomic mass is 19.4. The first kappa shape index (κ1) is 17.2. The molecule has 0 saturated heterocycles. The molecule has 1 unspecified atom stereocenters. The summed E-state index contributed by atoms with van der Waals surface area (Å²) in [5, 5.41) is 9.14. The molecule has 0 amide bonds. The van der Waals surface area contributed by atoms with E-state index in [0.717, 1.165) is 25.2 Å². The summed E-state index contributed by atoms with van der Waals surface area (Å²) in [5.41, 5.74) is 0.265. The number of alkyl halides is 3. The van der Waals surface area contributed by atoms with Crippen molar-refractivity contribution in [2.45, 2.75) is 32.0 Å². The molecule has 0 spiro atoms. The molecule has 1 aromatic carbocycles. The van der Waals surface area contributed by atoms with Crippen molar-refractivity contribution in [2.24, 2.45) is 0 Å². The fourth-order valence-corrected chi connectivity index (χ4v) is 1.85. The van der Waals surface area contributed by atoms with Crippen LogP contribution in [0.5, 0.6) is 5.75 Å². The number of aliphatic hydroxyl groups is 1. The Labute approximate surface area is 132 Å². The van der Waals surface area contributed by atoms with E-state index in [1.54, 1.807) is 24.3 Å². The average Bonchev–Trinajstić information content (AvgIpc) is 2.54. The number of hydrogen-bond acceptors (Lipinski definition) is 4. The fourth-order valence-electron chi connectivity index (χ4n) is 1.85. The largest absolute Gasteiger partial charge is 0.494 e. The number of nitrogens with zero attached hydrogens (tertiary/aromatic N) is 2. The van der Waals surface area contributed by atoms with Crippen molar-refractivity contribution in [1.82, 2.24) is 9.97 Å². The van der Waals surface area contributed by atoms with Crippen molar-refractivity contribution in [3.8, 4) is 17.1 Å². The highest BCUT2D eigenvalue weighted by molar-refractivity contribution is 5.55. The topological polar surface area (TPSA) is 55.2 Å². The van der Waals surface area contributed by atoms with E-state index in [2.05, 4.69) is 16.9 Å². The van der Waals surface area contributed by atoms with Gasteiger partial charge in [0.2, 0.25) is 0 Å². The SMILES string of the molecule is CCCCOc1ccc(-c2ncc(C(O)C(F)(F)F)cn2)cc1. The first-order valence-corrected chi connectivity index (χ1v) is 7.21. The van der Waals surface area contributed by atoms with Crippen LogP contribution in [0.2, 0.25) is 0 Å². The Morgan fingerprint density at radius 2 is 1.74 bits per heavy atom. The van der Waals surface area contributed by atoms with E-state index in [-0.39, 0.29) is 11.4 Å². The number of aromatic nitrogens is 2. The second kappa shape index (κ2) is 7.41. The van der Waals surface area contributed by atoms with Gasteiger partial charge in [-0.15, -0.1) is 0 Å². The van der Waals surface area contributed by atoms with Crippen molar-refractivity contribution in [1.29, 1.82) is 0 Å². The third-order valence-electron chi connectivity index (χ3n) is 3.18. The molecule has 0 radical (unpaired) electrons. The zero-order valence-electron chi connectivity index (χ0n) is 12.5. The normalized spacial score (nSPS) is 12.9. The second-order valence-electron chi connectivity index (χ2n) is 5.01. The van der Waals surface area contributed by atoms with Crippen molar-refractivity contribution >= 4 is 0 Å². The maximum absolute atomic E-state index is 12.4. The molecular weight excluding hydrogens is 309 g/mol. The van der Waals surface area contributed by atoms with Gasteiger partial charge < -0.3 is 9.84 Å². The Morgan fingerprint density at radius 3 is 2.26 bits per heavy atom. The summed E-state index contributed by atoms with van der Waals surface area (Å²) in [7, 11) is 0. The van der Waals surface area contributed by atoms with Crippen LogP contribution in [0, 0.1) is 0 Å². The van der Waals surface area contributed by atoms with Crippen molar-refractivity contribution in [3.05, 3.63) is 42.2 Å². The van der Waals surface area contributed by atoms with E-state index < -0.39 is 12.3 Å². The Morgan fingerprint density at radius 1 is 1.13 bits per heavy atom. The van der Waals surface area contributed by atoms with Gasteiger partial charge in [-0.3, -0.25) is 0 Å². The molecule has 2 aromatic rings. The molecule has 0 aliphatic carbocycles. The lowest BCUT2D eigenvalue weighted by Gasteiger charge is -2.14. The van der Waals surface area contributed by atoms with Crippen molar-refractivity contribution < 1.29 is 23.0 Å². The molecule has 4 nitrogen and oxygen atoms in total. The Kier molecular flexibility index (Phi) is 5.54. The molecular formula is C16H17F3N2O2. The summed E-state index contributed by atoms with van der Waals surface area (Å²) < 4.78 is 42.8. The van der Waals surface area contributed by atoms with Crippen LogP contribution in [0.3, 0.4) is 0 Å². The van der Waals surface area contributed by atoms with Crippen molar-refractivity contribution in [3.63, 3.8) is 0 Å². The third-order valence-corrected chi connectivity index (χ3v) is 3.18. The van der Waals surface area contributed by atoms with E-state index >= 15 is 0 Å². The number of ether oxygens (including phenoxy) is 1. The molecule has 1 N–H and O–H groups in total. The van der Waals surface area contributed by atoms with Gasteiger partial charge in [0.25, 0.3) is 0 Å². The summed E-state index contributed by atoms with van der Waals surface area (Å²) >= 11 is 0. The minimum atomic E-state index is -4.73. The van der Waals surface area contributed by atoms with Crippen LogP contribution in [-0.4, -0.2) is 27.9 Å². The van der Waals surface area contributed by atoms with Crippen LogP contribution < -0.4 is 4.74 Å². The molecule has 1 aromatic heterocycles. The van der Waals surface area contributed by atoms with Gasteiger partial charge in [0.1, 0.15) is 5.75 Å². The zero-order valence-corrected chi connectivity index (χ0v) is 12.5. The lowest BCUT2D eigenvalue weighted by molar-refractivity contribution is -0.206. The van der Waals surface area contributed by atoms with Gasteiger partial charge in [-0.1, -0.05) is 13.3 Å². The van der Waals surface area contributed by atoms with Gasteiger partial charge in [-0.2, -0.15) is 13.2 Å². The summed E-state index contributed by atoms with van der Waals surface area (Å²) in [4.78, 5) is 7.75. The number of rotatable bonds is 6. The third kappa shape index (κ3) is 4.66. The van der Waals surface area contributed by atoms with E-state index in [4.69, 9.17) is 9.84 Å². The van der Waals surface area contributed by atoms with E-state index in [1.165, 1.54) is 0 Å². The Bertz CT molecular complexity index is 613. The average molecular weight is 326 g/mol. The van der Waals surface area contributed by atoms with E-state index in [1.807, 2.05) is 0 Å². The van der Waals surface area contributed by atoms with Crippen LogP contribution in [0.4, 0.5) is 13.2 Å². The smallest absolute Gasteiger partial charge is 0.418 e. The van der Waals surface area contributed by atoms with Gasteiger partial charge in [0, 0.05) is 23.5 Å². The molecule has 23 heavy (non-hydrogen) atoms. The molecule has 0 fully saturated rings. The number of benzene rings is 1. The second-order valence-corrected chi connectivity index (χ2v) is 5.01. The maximum atomic E-state index is 12.4. The zero-order chi connectivity index (χ0) is 16.9. The number of halogens is 3. The molecule has 124 valence electrons. The first-order chi connectivity index (χ1) is 10.9. The van der Waals surface area contributed by atoms with Crippen LogP contribution in [0.25, 0.3) is 11.4 Å². The van der Waals surface area contributed by atoms with Gasteiger partial charge in [-0.05, 0) is 30.7 Å². The van der Waals surface area contributed by atoms with E-state index in [0.29, 0.717) is 17.9 Å². The quantitative estimate of drug-likeness (QED) is 0.818. The molecule has 0 aliphatic heterocycles. The molecule has 0 aliphatic rings. The van der Waals surface area contributed by atoms with Gasteiger partial charge >= 0.3 is 6.18 Å². The number of hydrogen-bond donors (Lipinski definition) is 1. The highest BCUT2D eigenvalue weighted by Gasteiger charge is 2.39. The Hall–Kier alpha value is -2.15. The Balaban J connectivity index is 2.07.